The van der Waals surface area contributed by atoms with Crippen molar-refractivity contribution in [1.82, 2.24) is 5.32 Å². The van der Waals surface area contributed by atoms with Crippen LogP contribution in [0.4, 0.5) is 5.69 Å². The van der Waals surface area contributed by atoms with E-state index in [4.69, 9.17) is 5.73 Å². The number of aldehydes is 1. The maximum Gasteiger partial charge on any atom is 0.233 e. The zero-order chi connectivity index (χ0) is 23.5. The number of aliphatic imine (C=N–C) groups is 1. The number of amides is 1. The van der Waals surface area contributed by atoms with E-state index in [9.17, 15) is 14.9 Å². The van der Waals surface area contributed by atoms with Gasteiger partial charge in [-0.15, -0.1) is 0 Å². The molecule has 0 saturated carbocycles. The smallest absolute Gasteiger partial charge is 0.233 e. The van der Waals surface area contributed by atoms with E-state index in [0.29, 0.717) is 40.4 Å². The first-order chi connectivity index (χ1) is 15.4. The number of hydrogen-bond donors (Lipinski definition) is 3. The number of anilines is 1. The molecule has 32 heavy (non-hydrogen) atoms. The van der Waals surface area contributed by atoms with Gasteiger partial charge >= 0.3 is 0 Å². The summed E-state index contributed by atoms with van der Waals surface area (Å²) in [6.07, 6.45) is 3.77. The van der Waals surface area contributed by atoms with Crippen LogP contribution >= 0.6 is 0 Å². The number of nitrogens with two attached hydrogens (primary N) is 1. The van der Waals surface area contributed by atoms with Crippen LogP contribution in [0, 0.1) is 17.2 Å². The van der Waals surface area contributed by atoms with E-state index in [1.807, 2.05) is 0 Å². The molecular formula is C25H29N5O2. The van der Waals surface area contributed by atoms with Gasteiger partial charge in [-0.05, 0) is 36.2 Å². The van der Waals surface area contributed by atoms with Gasteiger partial charge in [0.15, 0.2) is 0 Å². The van der Waals surface area contributed by atoms with E-state index in [1.165, 1.54) is 6.20 Å². The minimum Gasteiger partial charge on any atom is -0.404 e. The second kappa shape index (κ2) is 12.2. The van der Waals surface area contributed by atoms with Crippen molar-refractivity contribution in [2.75, 3.05) is 18.9 Å². The fourth-order valence-corrected chi connectivity index (χ4v) is 3.43. The largest absolute Gasteiger partial charge is 0.404 e. The number of nitrogens with one attached hydrogen (secondary N) is 2. The molecule has 0 saturated heterocycles. The lowest BCUT2D eigenvalue weighted by Crippen LogP contribution is -2.44. The molecule has 4 N–H and O–H groups in total. The zero-order valence-corrected chi connectivity index (χ0v) is 18.6. The van der Waals surface area contributed by atoms with Crippen molar-refractivity contribution in [3.8, 4) is 6.07 Å². The van der Waals surface area contributed by atoms with Gasteiger partial charge in [-0.25, -0.2) is 0 Å². The second-order valence-corrected chi connectivity index (χ2v) is 7.74. The van der Waals surface area contributed by atoms with E-state index in [1.54, 1.807) is 61.8 Å². The average Bonchev–Trinajstić information content (AvgIpc) is 2.80. The Morgan fingerprint density at radius 2 is 1.97 bits per heavy atom. The van der Waals surface area contributed by atoms with Crippen LogP contribution in [-0.2, 0) is 4.79 Å². The van der Waals surface area contributed by atoms with Gasteiger partial charge in [-0.1, -0.05) is 44.2 Å². The highest BCUT2D eigenvalue weighted by atomic mass is 16.2. The summed E-state index contributed by atoms with van der Waals surface area (Å²) >= 11 is 0. The third-order valence-corrected chi connectivity index (χ3v) is 4.91. The van der Waals surface area contributed by atoms with Gasteiger partial charge in [0, 0.05) is 36.3 Å². The average molecular weight is 432 g/mol. The molecule has 0 aromatic heterocycles. The van der Waals surface area contributed by atoms with Crippen LogP contribution in [-0.4, -0.2) is 38.0 Å². The highest BCUT2D eigenvalue weighted by Gasteiger charge is 2.33. The lowest BCUT2D eigenvalue weighted by molar-refractivity contribution is -0.118. The molecule has 2 aromatic rings. The summed E-state index contributed by atoms with van der Waals surface area (Å²) in [4.78, 5) is 29.5. The Bertz CT molecular complexity index is 1040. The van der Waals surface area contributed by atoms with Gasteiger partial charge in [0.1, 0.15) is 6.29 Å². The molecule has 0 aliphatic rings. The first kappa shape index (κ1) is 24.5. The lowest BCUT2D eigenvalue weighted by atomic mass is 9.83. The van der Waals surface area contributed by atoms with Crippen LogP contribution in [0.15, 0.2) is 65.3 Å². The van der Waals surface area contributed by atoms with Crippen molar-refractivity contribution < 1.29 is 9.59 Å². The van der Waals surface area contributed by atoms with Crippen molar-refractivity contribution in [3.05, 3.63) is 77.0 Å². The number of hydrogen-bond acceptors (Lipinski definition) is 6. The van der Waals surface area contributed by atoms with Crippen molar-refractivity contribution in [2.24, 2.45) is 16.6 Å². The third kappa shape index (κ3) is 6.37. The Kier molecular flexibility index (Phi) is 9.33. The van der Waals surface area contributed by atoms with Crippen LogP contribution in [0.25, 0.3) is 0 Å². The molecule has 0 aliphatic carbocycles. The molecule has 0 radical (unpaired) electrons. The number of carbonyl (C=O) groups excluding carboxylic acids is 2. The molecule has 0 bridgehead atoms. The molecular weight excluding hydrogens is 402 g/mol. The predicted octanol–water partition coefficient (Wildman–Crippen LogP) is 3.25. The number of rotatable bonds is 10. The molecule has 7 nitrogen and oxygen atoms in total. The predicted molar refractivity (Wildman–Crippen MR) is 128 cm³/mol. The Labute approximate surface area is 189 Å². The quantitative estimate of drug-likeness (QED) is 0.394. The summed E-state index contributed by atoms with van der Waals surface area (Å²) < 4.78 is 0. The van der Waals surface area contributed by atoms with Gasteiger partial charge < -0.3 is 16.4 Å². The number of benzene rings is 2. The highest BCUT2D eigenvalue weighted by molar-refractivity contribution is 5.99. The Balaban J connectivity index is 2.59. The second-order valence-electron chi connectivity index (χ2n) is 7.74. The molecule has 2 atom stereocenters. The lowest BCUT2D eigenvalue weighted by Gasteiger charge is -2.30. The first-order valence-electron chi connectivity index (χ1n) is 10.4. The number of nitriles is 1. The molecule has 7 heteroatoms. The van der Waals surface area contributed by atoms with Crippen molar-refractivity contribution >= 4 is 24.1 Å². The summed E-state index contributed by atoms with van der Waals surface area (Å²) in [6.45, 7) is 4.74. The molecule has 2 rings (SSSR count). The Morgan fingerprint density at radius 3 is 2.59 bits per heavy atom. The van der Waals surface area contributed by atoms with Gasteiger partial charge in [0.2, 0.25) is 5.91 Å². The molecule has 0 heterocycles. The van der Waals surface area contributed by atoms with Crippen LogP contribution in [0.5, 0.6) is 0 Å². The van der Waals surface area contributed by atoms with Crippen LogP contribution in [0.2, 0.25) is 0 Å². The molecule has 0 spiro atoms. The van der Waals surface area contributed by atoms with E-state index >= 15 is 0 Å². The Morgan fingerprint density at radius 1 is 1.22 bits per heavy atom. The monoisotopic (exact) mass is 431 g/mol. The fourth-order valence-electron chi connectivity index (χ4n) is 3.43. The summed E-state index contributed by atoms with van der Waals surface area (Å²) in [5.41, 5.74) is 8.45. The fraction of sp³-hybridized carbons (Fsp3) is 0.280. The standard InChI is InChI=1S/C25H29N5O2/c1-17(2)14-29-24(20(13-27)15-28-3)23(22-10-5-4-8-19(22)16-31)25(32)30-21-9-6-7-18(11-21)12-26/h4-11,13,15-17,23-24,29H,14,27H2,1-3H3,(H,30,32)/t23-,24+/m1/s1. The first-order valence-corrected chi connectivity index (χ1v) is 10.4. The third-order valence-electron chi connectivity index (χ3n) is 4.91. The normalized spacial score (nSPS) is 13.5. The topological polar surface area (TPSA) is 120 Å². The van der Waals surface area contributed by atoms with E-state index < -0.39 is 12.0 Å². The van der Waals surface area contributed by atoms with E-state index in [2.05, 4.69) is 35.5 Å². The van der Waals surface area contributed by atoms with Gasteiger partial charge in [0.25, 0.3) is 0 Å². The van der Waals surface area contributed by atoms with Crippen LogP contribution in [0.3, 0.4) is 0 Å². The molecule has 2 aromatic carbocycles. The summed E-state index contributed by atoms with van der Waals surface area (Å²) in [6, 6.07) is 15.2. The van der Waals surface area contributed by atoms with Crippen molar-refractivity contribution in [1.29, 1.82) is 5.26 Å². The number of carbonyl (C=O) groups is 2. The van der Waals surface area contributed by atoms with Gasteiger partial charge in [0.05, 0.1) is 23.6 Å². The molecule has 1 amide bonds. The maximum atomic E-state index is 13.6. The van der Waals surface area contributed by atoms with Crippen LogP contribution < -0.4 is 16.4 Å². The minimum atomic E-state index is -0.784. The van der Waals surface area contributed by atoms with Gasteiger partial charge in [-0.3, -0.25) is 14.6 Å². The zero-order valence-electron chi connectivity index (χ0n) is 18.6. The van der Waals surface area contributed by atoms with Gasteiger partial charge in [-0.2, -0.15) is 5.26 Å². The minimum absolute atomic E-state index is 0.312. The maximum absolute atomic E-state index is 13.6. The molecule has 0 aliphatic heterocycles. The van der Waals surface area contributed by atoms with Crippen molar-refractivity contribution in [3.63, 3.8) is 0 Å². The summed E-state index contributed by atoms with van der Waals surface area (Å²) in [5.74, 6) is -0.805. The number of nitrogens with zero attached hydrogens (tertiary/aromatic N) is 2. The Hall–Kier alpha value is -3.76. The highest BCUT2D eigenvalue weighted by Crippen LogP contribution is 2.28. The van der Waals surface area contributed by atoms with E-state index in [-0.39, 0.29) is 5.91 Å². The van der Waals surface area contributed by atoms with Crippen LogP contribution in [0.1, 0.15) is 41.3 Å². The van der Waals surface area contributed by atoms with Crippen molar-refractivity contribution in [2.45, 2.75) is 25.8 Å². The summed E-state index contributed by atoms with van der Waals surface area (Å²) in [7, 11) is 1.63. The molecule has 0 unspecified atom stereocenters. The SMILES string of the molecule is CN=CC(=CN)[C@H](NCC(C)C)[C@H](C(=O)Nc1cccc(C#N)c1)c1ccccc1C=O. The molecule has 166 valence electrons. The molecule has 0 fully saturated rings. The summed E-state index contributed by atoms with van der Waals surface area (Å²) in [5, 5.41) is 15.5. The van der Waals surface area contributed by atoms with E-state index in [0.717, 1.165) is 6.29 Å².